The molecule has 0 aliphatic rings. The predicted octanol–water partition coefficient (Wildman–Crippen LogP) is 1.32. The molecular formula is C49H99N3O24. The molecule has 0 fully saturated rings. The first-order chi connectivity index (χ1) is 37.9. The highest BCUT2D eigenvalue weighted by molar-refractivity contribution is 4.45. The molecule has 0 heterocycles. The lowest BCUT2D eigenvalue weighted by atomic mass is 10.6. The average molecular weight is 1110 g/mol. The van der Waals surface area contributed by atoms with Crippen LogP contribution in [0.5, 0.6) is 0 Å². The molecule has 454 valence electrons. The van der Waals surface area contributed by atoms with Crippen molar-refractivity contribution in [2.24, 2.45) is 5.11 Å². The lowest BCUT2D eigenvalue weighted by Gasteiger charge is -2.09. The summed E-state index contributed by atoms with van der Waals surface area (Å²) in [5.74, 6) is 0. The molecule has 0 aromatic carbocycles. The van der Waals surface area contributed by atoms with E-state index in [0.717, 1.165) is 0 Å². The molecule has 0 bridgehead atoms. The van der Waals surface area contributed by atoms with Gasteiger partial charge in [-0.1, -0.05) is 5.11 Å². The summed E-state index contributed by atoms with van der Waals surface area (Å²) in [4.78, 5) is 2.65. The van der Waals surface area contributed by atoms with Crippen LogP contribution in [-0.4, -0.2) is 324 Å². The first-order valence-corrected chi connectivity index (χ1v) is 26.7. The van der Waals surface area contributed by atoms with Gasteiger partial charge in [-0.15, -0.1) is 0 Å². The van der Waals surface area contributed by atoms with E-state index in [9.17, 15) is 0 Å². The Morgan fingerprint density at radius 1 is 0.184 bits per heavy atom. The number of azide groups is 1. The third kappa shape index (κ3) is 72.3. The molecule has 0 saturated carbocycles. The van der Waals surface area contributed by atoms with Crippen LogP contribution in [0.2, 0.25) is 0 Å². The van der Waals surface area contributed by atoms with Crippen LogP contribution in [0.15, 0.2) is 5.11 Å². The van der Waals surface area contributed by atoms with Crippen LogP contribution >= 0.6 is 0 Å². The van der Waals surface area contributed by atoms with Gasteiger partial charge in [-0.05, 0) is 5.53 Å². The summed E-state index contributed by atoms with van der Waals surface area (Å²) in [7, 11) is 1.64. The Bertz CT molecular complexity index is 1090. The number of methoxy groups -OCH3 is 1. The summed E-state index contributed by atoms with van der Waals surface area (Å²) in [5.41, 5.74) is 8.17. The maximum absolute atomic E-state index is 8.17. The second-order valence-electron chi connectivity index (χ2n) is 15.0. The van der Waals surface area contributed by atoms with Crippen molar-refractivity contribution in [3.8, 4) is 0 Å². The molecular weight excluding hydrogens is 1010 g/mol. The number of rotatable bonds is 72. The van der Waals surface area contributed by atoms with E-state index in [0.29, 0.717) is 317 Å². The third-order valence-electron chi connectivity index (χ3n) is 9.01. The summed E-state index contributed by atoms with van der Waals surface area (Å²) in [6, 6.07) is 0. The van der Waals surface area contributed by atoms with E-state index >= 15 is 0 Å². The Kier molecular flexibility index (Phi) is 71.8. The van der Waals surface area contributed by atoms with Gasteiger partial charge in [0.1, 0.15) is 0 Å². The van der Waals surface area contributed by atoms with Crippen LogP contribution in [0, 0.1) is 0 Å². The molecule has 0 aromatic heterocycles. The van der Waals surface area contributed by atoms with Gasteiger partial charge in [-0.2, -0.15) is 0 Å². The normalized spacial score (nSPS) is 11.6. The lowest BCUT2D eigenvalue weighted by Crippen LogP contribution is -2.16. The highest BCUT2D eigenvalue weighted by Gasteiger charge is 2.00. The first-order valence-electron chi connectivity index (χ1n) is 26.7. The number of hydrogen-bond donors (Lipinski definition) is 0. The van der Waals surface area contributed by atoms with Gasteiger partial charge >= 0.3 is 0 Å². The summed E-state index contributed by atoms with van der Waals surface area (Å²) in [5, 5.41) is 3.38. The molecule has 0 N–H and O–H groups in total. The summed E-state index contributed by atoms with van der Waals surface area (Å²) in [6.45, 7) is 23.5. The molecule has 0 saturated heterocycles. The molecule has 0 spiro atoms. The molecule has 27 heteroatoms. The van der Waals surface area contributed by atoms with Crippen LogP contribution in [0.1, 0.15) is 0 Å². The third-order valence-corrected chi connectivity index (χ3v) is 9.01. The monoisotopic (exact) mass is 1110 g/mol. The molecule has 0 radical (unpaired) electrons. The summed E-state index contributed by atoms with van der Waals surface area (Å²) >= 11 is 0. The second kappa shape index (κ2) is 73.3. The fraction of sp³-hybridized carbons (Fsp3) is 1.00. The Balaban J connectivity index is 3.08. The van der Waals surface area contributed by atoms with Gasteiger partial charge in [0, 0.05) is 18.6 Å². The van der Waals surface area contributed by atoms with Crippen molar-refractivity contribution >= 4 is 0 Å². The Morgan fingerprint density at radius 2 is 0.289 bits per heavy atom. The lowest BCUT2D eigenvalue weighted by molar-refractivity contribution is -0.0319. The van der Waals surface area contributed by atoms with Crippen LogP contribution in [0.3, 0.4) is 0 Å². The maximum Gasteiger partial charge on any atom is 0.0701 e. The van der Waals surface area contributed by atoms with Crippen LogP contribution in [0.4, 0.5) is 0 Å². The fourth-order valence-corrected chi connectivity index (χ4v) is 5.23. The SMILES string of the molecule is COCCOCCOCCOCCOCCOCCOCCOCCOCCOCCOCCOCCOCCOCCOCCOCCOCCOCCOCCOCCOCCOCCOCCOCCN=[N+]=[N-]. The van der Waals surface area contributed by atoms with Crippen molar-refractivity contribution in [3.05, 3.63) is 10.4 Å². The minimum atomic E-state index is 0.321. The van der Waals surface area contributed by atoms with Crippen molar-refractivity contribution in [2.75, 3.05) is 324 Å². The van der Waals surface area contributed by atoms with E-state index < -0.39 is 0 Å². The zero-order valence-corrected chi connectivity index (χ0v) is 46.1. The number of ether oxygens (including phenoxy) is 24. The van der Waals surface area contributed by atoms with Crippen LogP contribution < -0.4 is 0 Å². The Hall–Kier alpha value is -1.65. The second-order valence-corrected chi connectivity index (χ2v) is 15.0. The number of hydrogen-bond acceptors (Lipinski definition) is 25. The van der Waals surface area contributed by atoms with E-state index in [4.69, 9.17) is 119 Å². The first kappa shape index (κ1) is 74.3. The van der Waals surface area contributed by atoms with Crippen LogP contribution in [0.25, 0.3) is 10.4 Å². The molecule has 0 aliphatic heterocycles. The maximum atomic E-state index is 8.17. The standard InChI is InChI=1S/C49H99N3O24/c1-53-4-5-55-8-9-57-12-13-59-16-17-61-20-21-63-24-25-65-28-29-67-32-33-69-36-37-71-40-41-73-44-45-75-48-49-76-47-46-74-43-42-72-39-38-70-35-34-68-31-30-66-27-26-64-23-22-62-19-18-60-15-14-58-11-10-56-7-6-54-3-2-51-52-50/h2-49H2,1H3. The topological polar surface area (TPSA) is 270 Å². The van der Waals surface area contributed by atoms with Gasteiger partial charge in [0.05, 0.1) is 311 Å². The highest BCUT2D eigenvalue weighted by atomic mass is 16.6. The van der Waals surface area contributed by atoms with E-state index in [2.05, 4.69) is 10.0 Å². The zero-order chi connectivity index (χ0) is 54.3. The van der Waals surface area contributed by atoms with Crippen molar-refractivity contribution in [1.29, 1.82) is 0 Å². The Labute approximate surface area is 452 Å². The fourth-order valence-electron chi connectivity index (χ4n) is 5.23. The average Bonchev–Trinajstić information content (AvgIpc) is 3.43. The van der Waals surface area contributed by atoms with Gasteiger partial charge < -0.3 is 114 Å². The minimum Gasteiger partial charge on any atom is -0.382 e. The molecule has 0 aliphatic carbocycles. The summed E-state index contributed by atoms with van der Waals surface area (Å²) < 4.78 is 131. The van der Waals surface area contributed by atoms with Crippen molar-refractivity contribution in [3.63, 3.8) is 0 Å². The smallest absolute Gasteiger partial charge is 0.0701 e. The van der Waals surface area contributed by atoms with Crippen molar-refractivity contribution in [2.45, 2.75) is 0 Å². The van der Waals surface area contributed by atoms with Crippen molar-refractivity contribution < 1.29 is 114 Å². The van der Waals surface area contributed by atoms with Crippen molar-refractivity contribution in [1.82, 2.24) is 0 Å². The van der Waals surface area contributed by atoms with Gasteiger partial charge in [-0.3, -0.25) is 0 Å². The van der Waals surface area contributed by atoms with E-state index in [1.807, 2.05) is 0 Å². The quantitative estimate of drug-likeness (QED) is 0.0360. The largest absolute Gasteiger partial charge is 0.382 e. The molecule has 0 atom stereocenters. The van der Waals surface area contributed by atoms with Crippen LogP contribution in [-0.2, 0) is 114 Å². The van der Waals surface area contributed by atoms with E-state index in [-0.39, 0.29) is 0 Å². The van der Waals surface area contributed by atoms with Gasteiger partial charge in [0.25, 0.3) is 0 Å². The Morgan fingerprint density at radius 3 is 0.395 bits per heavy atom. The summed E-state index contributed by atoms with van der Waals surface area (Å²) in [6.07, 6.45) is 0. The number of nitrogens with zero attached hydrogens (tertiary/aromatic N) is 3. The highest BCUT2D eigenvalue weighted by Crippen LogP contribution is 1.91. The molecule has 27 nitrogen and oxygen atoms in total. The van der Waals surface area contributed by atoms with Gasteiger partial charge in [-0.25, -0.2) is 0 Å². The molecule has 0 rings (SSSR count). The van der Waals surface area contributed by atoms with E-state index in [1.165, 1.54) is 0 Å². The molecule has 0 aromatic rings. The molecule has 76 heavy (non-hydrogen) atoms. The van der Waals surface area contributed by atoms with E-state index in [1.54, 1.807) is 7.11 Å². The zero-order valence-electron chi connectivity index (χ0n) is 46.1. The molecule has 0 unspecified atom stereocenters. The van der Waals surface area contributed by atoms with Gasteiger partial charge in [0.15, 0.2) is 0 Å². The predicted molar refractivity (Wildman–Crippen MR) is 275 cm³/mol. The van der Waals surface area contributed by atoms with Gasteiger partial charge in [0.2, 0.25) is 0 Å². The molecule has 0 amide bonds. The minimum absolute atomic E-state index is 0.321.